The van der Waals surface area contributed by atoms with E-state index in [9.17, 15) is 70.9 Å². The molecule has 1 aliphatic carbocycles. The maximum atomic E-state index is 12.8. The highest BCUT2D eigenvalue weighted by molar-refractivity contribution is 5.79. The Hall–Kier alpha value is -3.24. The summed E-state index contributed by atoms with van der Waals surface area (Å²) in [6, 6.07) is -1.27. The number of fused-ring (bicyclic) bond motifs is 2. The molecule has 1 saturated carbocycles. The van der Waals surface area contributed by atoms with Crippen molar-refractivity contribution < 1.29 is 80.3 Å². The van der Waals surface area contributed by atoms with Gasteiger partial charge in [0, 0.05) is 50.9 Å². The van der Waals surface area contributed by atoms with Crippen LogP contribution >= 0.6 is 0 Å². The van der Waals surface area contributed by atoms with Crippen LogP contribution < -0.4 is 5.73 Å². The fraction of sp³-hybridized carbons (Fsp3) is 0.667. The fourth-order valence-electron chi connectivity index (χ4n) is 8.59. The Morgan fingerprint density at radius 2 is 1.20 bits per heavy atom. The second kappa shape index (κ2) is 27.5. The van der Waals surface area contributed by atoms with Crippen LogP contribution in [0.2, 0.25) is 0 Å². The van der Waals surface area contributed by atoms with Crippen molar-refractivity contribution in [3.63, 3.8) is 0 Å². The van der Waals surface area contributed by atoms with E-state index in [0.717, 1.165) is 0 Å². The van der Waals surface area contributed by atoms with Gasteiger partial charge in [-0.2, -0.15) is 0 Å². The Morgan fingerprint density at radius 3 is 1.78 bits per heavy atom. The van der Waals surface area contributed by atoms with Gasteiger partial charge in [0.1, 0.15) is 11.7 Å². The topological polar surface area (TPSA) is 321 Å². The summed E-state index contributed by atoms with van der Waals surface area (Å²) in [5.74, 6) is -6.23. The smallest absolute Gasteiger partial charge is 0.311 e. The normalized spacial score (nSPS) is 42.2. The van der Waals surface area contributed by atoms with E-state index in [4.69, 9.17) is 15.2 Å². The van der Waals surface area contributed by atoms with Crippen LogP contribution in [0.1, 0.15) is 85.0 Å². The van der Waals surface area contributed by atoms with Crippen LogP contribution in [0.4, 0.5) is 0 Å². The zero-order valence-corrected chi connectivity index (χ0v) is 37.6. The third-order valence-electron chi connectivity index (χ3n) is 12.7. The molecule has 65 heavy (non-hydrogen) atoms. The minimum atomic E-state index is -2.32. The maximum absolute atomic E-state index is 12.8. The molecule has 2 aliphatic heterocycles. The van der Waals surface area contributed by atoms with E-state index in [-0.39, 0.29) is 68.5 Å². The highest BCUT2D eigenvalue weighted by Crippen LogP contribution is 2.38. The maximum Gasteiger partial charge on any atom is 0.311 e. The molecule has 17 nitrogen and oxygen atoms in total. The number of hydrogen-bond acceptors (Lipinski definition) is 16. The van der Waals surface area contributed by atoms with Crippen LogP contribution in [0, 0.1) is 23.7 Å². The standard InChI is InChI=1S/C48H75NO16/c1-28-16-14-12-10-8-6-4-5-7-9-11-13-15-17-35(64-41-25-38(56)45(59)43(49)46(41)60)24-40-42(47(61)62)39(57)27-48(63,65-40)26-34(53)23-37(55)36(54)19-18-31(50)21-33(52)22-32(51)20-29(2)30(3)44(28)58/h4-17,28-31,33-46,50,52-60,63H,18-27,49H2,1-3H3,(H,61,62)/t28-,29+,30-,31+,33+,34-,35-,36+,37+,38?,39-,40-,41?,42+,43?,44+,45?,46?,48+/m0/s1. The third kappa shape index (κ3) is 18.8. The van der Waals surface area contributed by atoms with Crippen LogP contribution in [-0.4, -0.2) is 164 Å². The largest absolute Gasteiger partial charge is 0.481 e. The van der Waals surface area contributed by atoms with Crippen molar-refractivity contribution in [2.24, 2.45) is 29.4 Å². The molecule has 0 spiro atoms. The number of hydrogen-bond donors (Lipinski definition) is 13. The molecular formula is C48H75NO16. The molecule has 19 atom stereocenters. The van der Waals surface area contributed by atoms with Crippen molar-refractivity contribution in [1.29, 1.82) is 0 Å². The molecule has 0 aromatic rings. The predicted molar refractivity (Wildman–Crippen MR) is 240 cm³/mol. The van der Waals surface area contributed by atoms with E-state index in [1.54, 1.807) is 42.5 Å². The molecule has 0 amide bonds. The number of carbonyl (C=O) groups is 2. The number of allylic oxidation sites excluding steroid dienone is 12. The second-order valence-corrected chi connectivity index (χ2v) is 18.2. The zero-order valence-electron chi connectivity index (χ0n) is 37.6. The number of nitrogens with two attached hydrogens (primary N) is 1. The van der Waals surface area contributed by atoms with E-state index in [2.05, 4.69) is 0 Å². The number of rotatable bonds is 3. The van der Waals surface area contributed by atoms with Gasteiger partial charge in [-0.1, -0.05) is 106 Å². The van der Waals surface area contributed by atoms with Crippen molar-refractivity contribution in [3.05, 3.63) is 85.1 Å². The lowest BCUT2D eigenvalue weighted by atomic mass is 9.81. The predicted octanol–water partition coefficient (Wildman–Crippen LogP) is 0.764. The highest BCUT2D eigenvalue weighted by Gasteiger charge is 2.51. The first-order chi connectivity index (χ1) is 30.6. The van der Waals surface area contributed by atoms with E-state index in [1.807, 2.05) is 57.2 Å². The van der Waals surface area contributed by atoms with Gasteiger partial charge < -0.3 is 76.5 Å². The molecule has 3 rings (SSSR count). The monoisotopic (exact) mass is 922 g/mol. The molecular weight excluding hydrogens is 847 g/mol. The summed E-state index contributed by atoms with van der Waals surface area (Å²) in [4.78, 5) is 25.3. The van der Waals surface area contributed by atoms with E-state index < -0.39 is 122 Å². The molecule has 3 aliphatic rings. The van der Waals surface area contributed by atoms with Gasteiger partial charge >= 0.3 is 5.97 Å². The van der Waals surface area contributed by atoms with Gasteiger partial charge in [-0.3, -0.25) is 9.59 Å². The molecule has 17 heteroatoms. The number of aliphatic carboxylic acids is 1. The summed E-state index contributed by atoms with van der Waals surface area (Å²) in [6.45, 7) is 5.61. The molecule has 368 valence electrons. The van der Waals surface area contributed by atoms with Gasteiger partial charge in [0.25, 0.3) is 0 Å². The molecule has 5 unspecified atom stereocenters. The number of carboxylic acids is 1. The van der Waals surface area contributed by atoms with Crippen molar-refractivity contribution >= 4 is 11.8 Å². The lowest BCUT2D eigenvalue weighted by molar-refractivity contribution is -0.301. The Bertz CT molecular complexity index is 1660. The molecule has 0 radical (unpaired) electrons. The van der Waals surface area contributed by atoms with Crippen molar-refractivity contribution in [1.82, 2.24) is 0 Å². The highest BCUT2D eigenvalue weighted by atomic mass is 16.6. The van der Waals surface area contributed by atoms with Gasteiger partial charge in [-0.05, 0) is 31.1 Å². The lowest BCUT2D eigenvalue weighted by Crippen LogP contribution is -2.61. The van der Waals surface area contributed by atoms with Gasteiger partial charge in [-0.15, -0.1) is 0 Å². The number of carboxylic acid groups (broad SMARTS) is 1. The average molecular weight is 922 g/mol. The Balaban J connectivity index is 1.86. The minimum absolute atomic E-state index is 0.0713. The second-order valence-electron chi connectivity index (χ2n) is 18.2. The van der Waals surface area contributed by atoms with E-state index in [1.165, 1.54) is 6.08 Å². The minimum Gasteiger partial charge on any atom is -0.481 e. The van der Waals surface area contributed by atoms with Crippen LogP contribution in [0.5, 0.6) is 0 Å². The number of Topliss-reactive ketones (excluding diaryl/α,β-unsaturated/α-hetero) is 1. The summed E-state index contributed by atoms with van der Waals surface area (Å²) >= 11 is 0. The Labute approximate surface area is 381 Å². The average Bonchev–Trinajstić information content (AvgIpc) is 3.21. The van der Waals surface area contributed by atoms with Crippen molar-refractivity contribution in [2.45, 2.75) is 176 Å². The lowest BCUT2D eigenvalue weighted by Gasteiger charge is -2.45. The first-order valence-electron chi connectivity index (χ1n) is 22.7. The first kappa shape index (κ1) is 56.1. The van der Waals surface area contributed by atoms with E-state index in [0.29, 0.717) is 0 Å². The number of aliphatic hydroxyl groups is 11. The summed E-state index contributed by atoms with van der Waals surface area (Å²) in [5, 5.41) is 129. The van der Waals surface area contributed by atoms with Crippen LogP contribution in [0.25, 0.3) is 0 Å². The van der Waals surface area contributed by atoms with Crippen LogP contribution in [0.15, 0.2) is 85.1 Å². The van der Waals surface area contributed by atoms with Crippen LogP contribution in [-0.2, 0) is 19.1 Å². The quantitative estimate of drug-likeness (QED) is 0.186. The van der Waals surface area contributed by atoms with Gasteiger partial charge in [0.2, 0.25) is 0 Å². The molecule has 0 aromatic heterocycles. The van der Waals surface area contributed by atoms with E-state index >= 15 is 0 Å². The molecule has 2 heterocycles. The third-order valence-corrected chi connectivity index (χ3v) is 12.7. The molecule has 14 N–H and O–H groups in total. The number of ether oxygens (including phenoxy) is 2. The zero-order chi connectivity index (χ0) is 48.4. The van der Waals surface area contributed by atoms with Crippen molar-refractivity contribution in [3.8, 4) is 0 Å². The summed E-state index contributed by atoms with van der Waals surface area (Å²) in [7, 11) is 0. The number of aliphatic hydroxyl groups excluding tert-OH is 10. The van der Waals surface area contributed by atoms with Crippen LogP contribution in [0.3, 0.4) is 0 Å². The molecule has 2 bridgehead atoms. The van der Waals surface area contributed by atoms with Crippen molar-refractivity contribution in [2.75, 3.05) is 0 Å². The van der Waals surface area contributed by atoms with Gasteiger partial charge in [-0.25, -0.2) is 0 Å². The Kier molecular flexibility index (Phi) is 23.8. The fourth-order valence-corrected chi connectivity index (χ4v) is 8.59. The molecule has 2 fully saturated rings. The number of carbonyl (C=O) groups excluding carboxylic acids is 1. The summed E-state index contributed by atoms with van der Waals surface area (Å²) < 4.78 is 12.1. The number of ketones is 1. The Morgan fingerprint density at radius 1 is 0.631 bits per heavy atom. The van der Waals surface area contributed by atoms with Gasteiger partial charge in [0.05, 0.1) is 85.4 Å². The SMILES string of the molecule is C[C@@H]1[C@H](O)[C@@H](C)C=CC=CC=CC=CC=CC=CC=C[C@H](OC2CC(O)C(O)C(N)C2O)C[C@@H]2O[C@](O)(C[C@@H](O)C[C@@H](O)[C@H](O)CC[C@@H](O)C[C@@H](O)CC(=O)C[C@H]1C)C[C@H](O)[C@H]2C(=O)O. The summed E-state index contributed by atoms with van der Waals surface area (Å²) in [5.41, 5.74) is 5.94. The molecule has 0 aromatic carbocycles. The first-order valence-corrected chi connectivity index (χ1v) is 22.7. The van der Waals surface area contributed by atoms with Gasteiger partial charge in [0.15, 0.2) is 5.79 Å². The molecule has 1 saturated heterocycles. The summed E-state index contributed by atoms with van der Waals surface area (Å²) in [6.07, 6.45) is 4.55.